The molecule has 2 aromatic heterocycles. The third-order valence-corrected chi connectivity index (χ3v) is 9.98. The number of carbonyl (C=O) groups is 1. The summed E-state index contributed by atoms with van der Waals surface area (Å²) in [7, 11) is 1.27. The van der Waals surface area contributed by atoms with Gasteiger partial charge in [-0.1, -0.05) is 26.0 Å². The van der Waals surface area contributed by atoms with Crippen molar-refractivity contribution in [2.24, 2.45) is 5.41 Å². The van der Waals surface area contributed by atoms with Crippen molar-refractivity contribution in [3.63, 3.8) is 0 Å². The number of hydrogen-bond acceptors (Lipinski definition) is 8. The fourth-order valence-corrected chi connectivity index (χ4v) is 6.95. The summed E-state index contributed by atoms with van der Waals surface area (Å²) in [5.41, 5.74) is 11.2. The van der Waals surface area contributed by atoms with Crippen molar-refractivity contribution in [3.8, 4) is 11.3 Å². The van der Waals surface area contributed by atoms with Crippen LogP contribution in [0.3, 0.4) is 0 Å². The Kier molecular flexibility index (Phi) is 7.74. The molecule has 2 fully saturated rings. The molecular weight excluding hydrogens is 543 g/mol. The molecule has 2 aliphatic heterocycles. The number of aromatic nitrogens is 2. The number of ether oxygens (including phenoxy) is 2. The number of nitrogens with one attached hydrogen (secondary N) is 2. The number of fused-ring (bicyclic) bond motifs is 5. The van der Waals surface area contributed by atoms with Gasteiger partial charge in [0.15, 0.2) is 0 Å². The molecule has 43 heavy (non-hydrogen) atoms. The zero-order chi connectivity index (χ0) is 30.7. The maximum atomic E-state index is 13.1. The van der Waals surface area contributed by atoms with Crippen LogP contribution < -0.4 is 16.3 Å². The number of methoxy groups -OCH3 is 1. The summed E-state index contributed by atoms with van der Waals surface area (Å²) < 4.78 is 27.6. The van der Waals surface area contributed by atoms with Gasteiger partial charge in [0.2, 0.25) is 0 Å². The predicted molar refractivity (Wildman–Crippen MR) is 168 cm³/mol. The van der Waals surface area contributed by atoms with E-state index in [0.717, 1.165) is 59.2 Å². The minimum absolute atomic E-state index is 0.149. The number of nitrogens with zero attached hydrogens (tertiary/aromatic N) is 2. The van der Waals surface area contributed by atoms with Gasteiger partial charge in [0.05, 0.1) is 29.2 Å². The molecule has 2 saturated heterocycles. The van der Waals surface area contributed by atoms with Gasteiger partial charge >= 0.3 is 13.1 Å². The van der Waals surface area contributed by atoms with Crippen molar-refractivity contribution < 1.29 is 23.6 Å². The van der Waals surface area contributed by atoms with Crippen molar-refractivity contribution in [2.75, 3.05) is 20.3 Å². The summed E-state index contributed by atoms with van der Waals surface area (Å²) in [6.07, 6.45) is 3.18. The molecule has 9 nitrogen and oxygen atoms in total. The van der Waals surface area contributed by atoms with Gasteiger partial charge in [-0.2, -0.15) is 0 Å². The summed E-state index contributed by atoms with van der Waals surface area (Å²) >= 11 is 0. The van der Waals surface area contributed by atoms with E-state index in [1.165, 1.54) is 5.56 Å². The highest BCUT2D eigenvalue weighted by Crippen LogP contribution is 2.56. The average Bonchev–Trinajstić information content (AvgIpc) is 3.43. The highest BCUT2D eigenvalue weighted by atomic mass is 16.7. The van der Waals surface area contributed by atoms with Gasteiger partial charge in [-0.15, -0.1) is 0 Å². The molecule has 10 heteroatoms. The third kappa shape index (κ3) is 5.01. The maximum absolute atomic E-state index is 13.1. The topological polar surface area (TPSA) is 95.9 Å². The fraction of sp³-hybridized carbons (Fsp3) is 0.576. The summed E-state index contributed by atoms with van der Waals surface area (Å²) in [4.78, 5) is 17.9. The van der Waals surface area contributed by atoms with Gasteiger partial charge < -0.3 is 23.3 Å². The lowest BCUT2D eigenvalue weighted by atomic mass is 9.67. The molecule has 0 radical (unpaired) electrons. The van der Waals surface area contributed by atoms with Gasteiger partial charge in [-0.3, -0.25) is 15.2 Å². The second-order valence-corrected chi connectivity index (χ2v) is 13.8. The van der Waals surface area contributed by atoms with Crippen LogP contribution in [0.1, 0.15) is 84.6 Å². The first-order valence-corrected chi connectivity index (χ1v) is 15.5. The van der Waals surface area contributed by atoms with Crippen LogP contribution in [0.4, 0.5) is 0 Å². The zero-order valence-corrected chi connectivity index (χ0v) is 26.7. The van der Waals surface area contributed by atoms with Crippen LogP contribution in [0.5, 0.6) is 0 Å². The number of rotatable bonds is 7. The number of pyridine rings is 1. The number of hydrazine groups is 1. The van der Waals surface area contributed by atoms with Gasteiger partial charge in [0.1, 0.15) is 12.1 Å². The van der Waals surface area contributed by atoms with Crippen LogP contribution in [0.25, 0.3) is 22.2 Å². The molecule has 0 spiro atoms. The Hall–Kier alpha value is -2.76. The third-order valence-electron chi connectivity index (χ3n) is 9.98. The van der Waals surface area contributed by atoms with Crippen LogP contribution in [-0.4, -0.2) is 60.1 Å². The van der Waals surface area contributed by atoms with Gasteiger partial charge in [0, 0.05) is 54.2 Å². The van der Waals surface area contributed by atoms with Crippen molar-refractivity contribution in [3.05, 3.63) is 47.8 Å². The molecule has 0 amide bonds. The molecule has 3 aromatic rings. The largest absolute Gasteiger partial charge is 0.494 e. The molecule has 0 bridgehead atoms. The van der Waals surface area contributed by atoms with E-state index < -0.39 is 23.7 Å². The molecule has 3 aliphatic rings. The molecule has 3 atom stereocenters. The standard InChI is InChI=1S/C33H45BN4O5/c1-9-38-24-15-14-20(34-42-32(4,5)33(6,7)43-34)18-22(24)25-26(29(40-8)27-21(28(25)38)12-10-16-35-27)31(2,3)19-41-30(39)23-13-11-17-36-37-23/h10,12,14-16,18,23,26,29,36-37H,9,11,13,17,19H2,1-8H3/t23-,26?,29-/m0/s1. The minimum atomic E-state index is -0.490. The fourth-order valence-electron chi connectivity index (χ4n) is 6.95. The summed E-state index contributed by atoms with van der Waals surface area (Å²) in [5.74, 6) is -0.383. The minimum Gasteiger partial charge on any atom is -0.464 e. The van der Waals surface area contributed by atoms with Crippen molar-refractivity contribution in [1.29, 1.82) is 0 Å². The Bertz CT molecular complexity index is 1510. The van der Waals surface area contributed by atoms with Gasteiger partial charge in [-0.25, -0.2) is 5.43 Å². The van der Waals surface area contributed by atoms with E-state index >= 15 is 0 Å². The lowest BCUT2D eigenvalue weighted by Gasteiger charge is -2.42. The summed E-state index contributed by atoms with van der Waals surface area (Å²) in [5, 5.41) is 1.13. The first kappa shape index (κ1) is 30.3. The number of benzene rings is 1. The van der Waals surface area contributed by atoms with E-state index in [9.17, 15) is 4.79 Å². The SMILES string of the molecule is CCn1c2c(c3cc(B4OC(C)(C)C(C)(C)O4)ccc31)C(C(C)(C)COC(=O)[C@@H]1CCCNN1)[C@H](OC)c1ncccc1-2. The van der Waals surface area contributed by atoms with Crippen LogP contribution in [0.15, 0.2) is 36.5 Å². The van der Waals surface area contributed by atoms with Crippen molar-refractivity contribution in [1.82, 2.24) is 20.4 Å². The molecule has 0 saturated carbocycles. The molecule has 6 rings (SSSR count). The van der Waals surface area contributed by atoms with Crippen molar-refractivity contribution >= 4 is 29.5 Å². The lowest BCUT2D eigenvalue weighted by molar-refractivity contribution is -0.151. The number of carbonyl (C=O) groups excluding carboxylic acids is 1. The Morgan fingerprint density at radius 3 is 2.58 bits per heavy atom. The number of aryl methyl sites for hydroxylation is 1. The first-order valence-electron chi connectivity index (χ1n) is 15.5. The van der Waals surface area contributed by atoms with E-state index in [4.69, 9.17) is 23.8 Å². The smallest absolute Gasteiger partial charge is 0.464 e. The molecule has 2 N–H and O–H groups in total. The Morgan fingerprint density at radius 1 is 1.19 bits per heavy atom. The van der Waals surface area contributed by atoms with E-state index in [-0.39, 0.29) is 30.6 Å². The Morgan fingerprint density at radius 2 is 1.93 bits per heavy atom. The molecule has 4 heterocycles. The number of esters is 1. The van der Waals surface area contributed by atoms with Gasteiger partial charge in [0.25, 0.3) is 0 Å². The van der Waals surface area contributed by atoms with E-state index in [0.29, 0.717) is 0 Å². The Labute approximate surface area is 255 Å². The highest BCUT2D eigenvalue weighted by molar-refractivity contribution is 6.62. The van der Waals surface area contributed by atoms with Crippen LogP contribution in [-0.2, 0) is 30.1 Å². The van der Waals surface area contributed by atoms with E-state index in [2.05, 4.69) is 88.2 Å². The van der Waals surface area contributed by atoms with E-state index in [1.54, 1.807) is 7.11 Å². The molecular formula is C33H45BN4O5. The second-order valence-electron chi connectivity index (χ2n) is 13.8. The molecule has 1 unspecified atom stereocenters. The Balaban J connectivity index is 1.48. The van der Waals surface area contributed by atoms with Crippen molar-refractivity contribution in [2.45, 2.75) is 97.1 Å². The lowest BCUT2D eigenvalue weighted by Crippen LogP contribution is -2.51. The second kappa shape index (κ2) is 11.0. The number of hydrogen-bond donors (Lipinski definition) is 2. The quantitative estimate of drug-likeness (QED) is 0.305. The monoisotopic (exact) mass is 588 g/mol. The average molecular weight is 589 g/mol. The van der Waals surface area contributed by atoms with Gasteiger partial charge in [-0.05, 0) is 76.7 Å². The van der Waals surface area contributed by atoms with Crippen LogP contribution >= 0.6 is 0 Å². The van der Waals surface area contributed by atoms with Crippen LogP contribution in [0.2, 0.25) is 0 Å². The molecule has 230 valence electrons. The normalized spacial score (nSPS) is 24.6. The zero-order valence-electron chi connectivity index (χ0n) is 26.7. The first-order chi connectivity index (χ1) is 20.4. The van der Waals surface area contributed by atoms with Crippen LogP contribution in [0, 0.1) is 5.41 Å². The summed E-state index contributed by atoms with van der Waals surface area (Å²) in [6.45, 7) is 16.7. The van der Waals surface area contributed by atoms with E-state index in [1.807, 2.05) is 12.3 Å². The summed E-state index contributed by atoms with van der Waals surface area (Å²) in [6, 6.07) is 10.3. The predicted octanol–water partition coefficient (Wildman–Crippen LogP) is 4.63. The molecule has 1 aliphatic carbocycles. The maximum Gasteiger partial charge on any atom is 0.494 e. The highest BCUT2D eigenvalue weighted by Gasteiger charge is 2.52. The molecule has 1 aromatic carbocycles.